The van der Waals surface area contributed by atoms with Crippen LogP contribution in [-0.2, 0) is 11.3 Å². The summed E-state index contributed by atoms with van der Waals surface area (Å²) in [7, 11) is 0. The van der Waals surface area contributed by atoms with Gasteiger partial charge in [-0.05, 0) is 6.42 Å². The summed E-state index contributed by atoms with van der Waals surface area (Å²) in [5.41, 5.74) is -1.22. The maximum Gasteiger partial charge on any atom is 0.344 e. The molecule has 1 aromatic heterocycles. The van der Waals surface area contributed by atoms with Gasteiger partial charge in [0.25, 0.3) is 0 Å². The quantitative estimate of drug-likeness (QED) is 0.607. The highest BCUT2D eigenvalue weighted by Crippen LogP contribution is 2.07. The molecule has 1 unspecified atom stereocenters. The van der Waals surface area contributed by atoms with Crippen LogP contribution in [0.5, 0.6) is 0 Å². The van der Waals surface area contributed by atoms with Gasteiger partial charge in [0.15, 0.2) is 0 Å². The second kappa shape index (κ2) is 4.63. The van der Waals surface area contributed by atoms with Crippen LogP contribution in [0, 0.1) is 5.92 Å². The highest BCUT2D eigenvalue weighted by molar-refractivity contribution is 5.69. The van der Waals surface area contributed by atoms with Crippen molar-refractivity contribution in [2.24, 2.45) is 5.92 Å². The molecule has 1 aromatic rings. The maximum atomic E-state index is 11.1. The van der Waals surface area contributed by atoms with E-state index < -0.39 is 23.3 Å². The Labute approximate surface area is 84.7 Å². The second-order valence-corrected chi connectivity index (χ2v) is 3.29. The first-order valence-electron chi connectivity index (χ1n) is 4.66. The molecule has 0 saturated carbocycles. The second-order valence-electron chi connectivity index (χ2n) is 3.29. The van der Waals surface area contributed by atoms with E-state index in [2.05, 4.69) is 10.2 Å². The zero-order valence-electron chi connectivity index (χ0n) is 8.32. The van der Waals surface area contributed by atoms with E-state index in [4.69, 9.17) is 5.11 Å². The van der Waals surface area contributed by atoms with Crippen molar-refractivity contribution in [2.45, 2.75) is 26.3 Å². The van der Waals surface area contributed by atoms with Crippen molar-refractivity contribution in [1.82, 2.24) is 14.8 Å². The largest absolute Gasteiger partial charge is 0.481 e. The van der Waals surface area contributed by atoms with Gasteiger partial charge in [-0.3, -0.25) is 4.79 Å². The number of carboxylic acids is 1. The van der Waals surface area contributed by atoms with Gasteiger partial charge in [0.1, 0.15) is 0 Å². The lowest BCUT2D eigenvalue weighted by atomic mass is 10.0. The van der Waals surface area contributed by atoms with Crippen molar-refractivity contribution in [3.8, 4) is 0 Å². The number of aromatic amines is 2. The van der Waals surface area contributed by atoms with E-state index in [-0.39, 0.29) is 6.54 Å². The normalized spacial score (nSPS) is 12.6. The molecule has 0 aliphatic rings. The van der Waals surface area contributed by atoms with E-state index in [1.54, 1.807) is 0 Å². The topological polar surface area (TPSA) is 108 Å². The lowest BCUT2D eigenvalue weighted by Gasteiger charge is -2.09. The van der Waals surface area contributed by atoms with Gasteiger partial charge in [0, 0.05) is 6.54 Å². The van der Waals surface area contributed by atoms with E-state index in [9.17, 15) is 14.4 Å². The van der Waals surface area contributed by atoms with Crippen LogP contribution in [0.15, 0.2) is 9.59 Å². The molecule has 7 heteroatoms. The molecule has 1 rings (SSSR count). The molecule has 1 atom stereocenters. The third-order valence-corrected chi connectivity index (χ3v) is 2.16. The zero-order chi connectivity index (χ0) is 11.4. The Morgan fingerprint density at radius 2 is 1.93 bits per heavy atom. The zero-order valence-corrected chi connectivity index (χ0v) is 8.32. The number of hydrogen-bond donors (Lipinski definition) is 3. The number of nitrogens with zero attached hydrogens (tertiary/aromatic N) is 1. The summed E-state index contributed by atoms with van der Waals surface area (Å²) >= 11 is 0. The molecule has 0 spiro atoms. The first kappa shape index (κ1) is 11.3. The molecule has 0 amide bonds. The molecule has 7 nitrogen and oxygen atoms in total. The number of hydrogen-bond acceptors (Lipinski definition) is 3. The molecule has 0 aromatic carbocycles. The van der Waals surface area contributed by atoms with E-state index in [0.717, 1.165) is 4.57 Å². The van der Waals surface area contributed by atoms with Crippen LogP contribution in [0.25, 0.3) is 0 Å². The van der Waals surface area contributed by atoms with Gasteiger partial charge in [-0.2, -0.15) is 0 Å². The molecule has 0 bridgehead atoms. The number of carbonyl (C=O) groups is 1. The minimum absolute atomic E-state index is 0.0964. The van der Waals surface area contributed by atoms with Crippen LogP contribution in [-0.4, -0.2) is 25.8 Å². The van der Waals surface area contributed by atoms with Gasteiger partial charge in [-0.1, -0.05) is 13.3 Å². The van der Waals surface area contributed by atoms with Crippen LogP contribution in [0.2, 0.25) is 0 Å². The lowest BCUT2D eigenvalue weighted by Crippen LogP contribution is -2.32. The van der Waals surface area contributed by atoms with Crippen molar-refractivity contribution in [2.75, 3.05) is 0 Å². The van der Waals surface area contributed by atoms with Gasteiger partial charge in [0.2, 0.25) is 0 Å². The fourth-order valence-corrected chi connectivity index (χ4v) is 1.36. The van der Waals surface area contributed by atoms with Crippen LogP contribution in [0.1, 0.15) is 19.8 Å². The Morgan fingerprint density at radius 3 is 2.33 bits per heavy atom. The monoisotopic (exact) mass is 215 g/mol. The lowest BCUT2D eigenvalue weighted by molar-refractivity contribution is -0.142. The number of nitrogens with one attached hydrogen (secondary N) is 2. The van der Waals surface area contributed by atoms with Gasteiger partial charge >= 0.3 is 17.3 Å². The molecule has 15 heavy (non-hydrogen) atoms. The summed E-state index contributed by atoms with van der Waals surface area (Å²) in [5, 5.41) is 13.0. The molecule has 0 fully saturated rings. The standard InChI is InChI=1S/C8H13N3O4/c1-2-3-5(6(12)13)4-11-7(14)9-10-8(11)15/h5H,2-4H2,1H3,(H,9,14)(H,10,15)(H,12,13). The van der Waals surface area contributed by atoms with Gasteiger partial charge < -0.3 is 5.11 Å². The molecule has 0 aliphatic carbocycles. The Hall–Kier alpha value is -1.79. The number of H-pyrrole nitrogens is 2. The third-order valence-electron chi connectivity index (χ3n) is 2.16. The Bertz CT molecular complexity index is 414. The predicted octanol–water partition coefficient (Wildman–Crippen LogP) is -0.634. The van der Waals surface area contributed by atoms with Crippen molar-refractivity contribution in [1.29, 1.82) is 0 Å². The average molecular weight is 215 g/mol. The molecular formula is C8H13N3O4. The number of rotatable bonds is 5. The smallest absolute Gasteiger partial charge is 0.344 e. The average Bonchev–Trinajstić information content (AvgIpc) is 2.48. The van der Waals surface area contributed by atoms with Crippen LogP contribution in [0.4, 0.5) is 0 Å². The predicted molar refractivity (Wildman–Crippen MR) is 51.7 cm³/mol. The van der Waals surface area contributed by atoms with E-state index >= 15 is 0 Å². The van der Waals surface area contributed by atoms with Crippen molar-refractivity contribution in [3.05, 3.63) is 21.0 Å². The fourth-order valence-electron chi connectivity index (χ4n) is 1.36. The molecule has 1 heterocycles. The first-order chi connectivity index (χ1) is 7.06. The molecule has 84 valence electrons. The van der Waals surface area contributed by atoms with Crippen molar-refractivity contribution >= 4 is 5.97 Å². The fraction of sp³-hybridized carbons (Fsp3) is 0.625. The first-order valence-corrected chi connectivity index (χ1v) is 4.66. The van der Waals surface area contributed by atoms with Gasteiger partial charge in [-0.25, -0.2) is 24.4 Å². The van der Waals surface area contributed by atoms with E-state index in [1.807, 2.05) is 6.92 Å². The Balaban J connectivity index is 2.87. The van der Waals surface area contributed by atoms with Gasteiger partial charge in [0.05, 0.1) is 5.92 Å². The Morgan fingerprint density at radius 1 is 1.40 bits per heavy atom. The maximum absolute atomic E-state index is 11.1. The summed E-state index contributed by atoms with van der Waals surface area (Å²) in [4.78, 5) is 33.0. The molecule has 0 radical (unpaired) electrons. The van der Waals surface area contributed by atoms with E-state index in [0.29, 0.717) is 12.8 Å². The minimum atomic E-state index is -0.996. The summed E-state index contributed by atoms with van der Waals surface area (Å²) in [6.07, 6.45) is 1.13. The summed E-state index contributed by atoms with van der Waals surface area (Å²) in [6.45, 7) is 1.75. The summed E-state index contributed by atoms with van der Waals surface area (Å²) in [6, 6.07) is 0. The van der Waals surface area contributed by atoms with E-state index in [1.165, 1.54) is 0 Å². The summed E-state index contributed by atoms with van der Waals surface area (Å²) < 4.78 is 0.856. The SMILES string of the molecule is CCCC(Cn1c(=O)[nH][nH]c1=O)C(=O)O. The Kier molecular flexibility index (Phi) is 3.48. The highest BCUT2D eigenvalue weighted by Gasteiger charge is 2.19. The van der Waals surface area contributed by atoms with Crippen LogP contribution in [0.3, 0.4) is 0 Å². The number of aliphatic carboxylic acids is 1. The van der Waals surface area contributed by atoms with Gasteiger partial charge in [-0.15, -0.1) is 0 Å². The third kappa shape index (κ3) is 2.58. The van der Waals surface area contributed by atoms with Crippen LogP contribution < -0.4 is 11.4 Å². The molecule has 3 N–H and O–H groups in total. The number of aromatic nitrogens is 3. The highest BCUT2D eigenvalue weighted by atomic mass is 16.4. The van der Waals surface area contributed by atoms with Crippen molar-refractivity contribution in [3.63, 3.8) is 0 Å². The summed E-state index contributed by atoms with van der Waals surface area (Å²) in [5.74, 6) is -1.70. The van der Waals surface area contributed by atoms with Crippen molar-refractivity contribution < 1.29 is 9.90 Å². The molecule has 0 saturated heterocycles. The molecule has 0 aliphatic heterocycles. The minimum Gasteiger partial charge on any atom is -0.481 e. The molecular weight excluding hydrogens is 202 g/mol. The van der Waals surface area contributed by atoms with Crippen LogP contribution >= 0.6 is 0 Å². The number of carboxylic acid groups (broad SMARTS) is 1.